The predicted molar refractivity (Wildman–Crippen MR) is 94.9 cm³/mol. The van der Waals surface area contributed by atoms with E-state index in [0.29, 0.717) is 11.3 Å². The Balaban J connectivity index is 1.92. The highest BCUT2D eigenvalue weighted by Crippen LogP contribution is 2.31. The van der Waals surface area contributed by atoms with E-state index in [0.717, 1.165) is 11.3 Å². The second kappa shape index (κ2) is 7.79. The van der Waals surface area contributed by atoms with Crippen molar-refractivity contribution in [2.45, 2.75) is 0 Å². The third-order valence-corrected chi connectivity index (χ3v) is 3.81. The fourth-order valence-corrected chi connectivity index (χ4v) is 2.55. The molecular weight excluding hydrogens is 337 g/mol. The number of nitrogens with zero attached hydrogens (tertiary/aromatic N) is 2. The van der Waals surface area contributed by atoms with E-state index in [4.69, 9.17) is 9.47 Å². The van der Waals surface area contributed by atoms with Crippen LogP contribution in [0.1, 0.15) is 10.5 Å². The van der Waals surface area contributed by atoms with E-state index in [1.54, 1.807) is 30.3 Å². The van der Waals surface area contributed by atoms with Gasteiger partial charge in [0.05, 0.1) is 7.11 Å². The molecule has 1 N–H and O–H groups in total. The van der Waals surface area contributed by atoms with Gasteiger partial charge in [0.25, 0.3) is 5.91 Å². The van der Waals surface area contributed by atoms with E-state index in [2.05, 4.69) is 10.3 Å². The average Bonchev–Trinajstić information content (AvgIpc) is 3.16. The zero-order valence-electron chi connectivity index (χ0n) is 14.4. The van der Waals surface area contributed by atoms with E-state index in [1.165, 1.54) is 19.2 Å². The molecule has 7 heteroatoms. The van der Waals surface area contributed by atoms with Crippen molar-refractivity contribution in [3.63, 3.8) is 0 Å². The average molecular weight is 355 g/mol. The lowest BCUT2D eigenvalue weighted by atomic mass is 10.0. The molecule has 0 saturated carbocycles. The minimum Gasteiger partial charge on any atom is -0.496 e. The molecule has 26 heavy (non-hydrogen) atoms. The number of imidazole rings is 1. The Morgan fingerprint density at radius 1 is 1.23 bits per heavy atom. The molecule has 1 heterocycles. The van der Waals surface area contributed by atoms with E-state index in [-0.39, 0.29) is 24.1 Å². The Kier molecular flexibility index (Phi) is 5.28. The molecule has 0 aliphatic carbocycles. The third-order valence-electron chi connectivity index (χ3n) is 3.81. The zero-order valence-corrected chi connectivity index (χ0v) is 14.4. The predicted octanol–water partition coefficient (Wildman–Crippen LogP) is 3.02. The van der Waals surface area contributed by atoms with Crippen molar-refractivity contribution in [1.82, 2.24) is 14.9 Å². The summed E-state index contributed by atoms with van der Waals surface area (Å²) in [5.41, 5.74) is 2.49. The van der Waals surface area contributed by atoms with Crippen molar-refractivity contribution >= 4 is 5.91 Å². The van der Waals surface area contributed by atoms with Gasteiger partial charge in [0.15, 0.2) is 0 Å². The van der Waals surface area contributed by atoms with Crippen molar-refractivity contribution < 1.29 is 18.7 Å². The van der Waals surface area contributed by atoms with Crippen LogP contribution >= 0.6 is 0 Å². The number of nitrogens with one attached hydrogen (secondary N) is 1. The molecule has 3 rings (SSSR count). The summed E-state index contributed by atoms with van der Waals surface area (Å²) in [6.45, 7) is 0.112. The van der Waals surface area contributed by atoms with Gasteiger partial charge >= 0.3 is 0 Å². The molecule has 0 aliphatic heterocycles. The van der Waals surface area contributed by atoms with Gasteiger partial charge in [-0.05, 0) is 35.9 Å². The number of ether oxygens (including phenoxy) is 2. The number of methoxy groups -OCH3 is 2. The number of carbonyl (C=O) groups is 1. The number of carbonyl (C=O) groups excluding carboxylic acids is 1. The largest absolute Gasteiger partial charge is 0.496 e. The second-order valence-corrected chi connectivity index (χ2v) is 5.50. The standard InChI is InChI=1S/C19H18FN3O3/c1-25-12-22-19(24)17-10-23(11-21-17)15-5-3-4-13(8-15)16-9-14(20)6-7-18(16)26-2/h3-11H,12H2,1-2H3,(H,22,24). The summed E-state index contributed by atoms with van der Waals surface area (Å²) < 4.78 is 25.5. The van der Waals surface area contributed by atoms with Gasteiger partial charge in [-0.25, -0.2) is 9.37 Å². The minimum absolute atomic E-state index is 0.112. The van der Waals surface area contributed by atoms with Gasteiger partial charge in [-0.3, -0.25) is 4.79 Å². The lowest BCUT2D eigenvalue weighted by molar-refractivity contribution is 0.0867. The van der Waals surface area contributed by atoms with Gasteiger partial charge in [0.1, 0.15) is 30.3 Å². The molecular formula is C19H18FN3O3. The van der Waals surface area contributed by atoms with Crippen LogP contribution in [-0.2, 0) is 4.74 Å². The van der Waals surface area contributed by atoms with E-state index >= 15 is 0 Å². The molecule has 0 bridgehead atoms. The third kappa shape index (κ3) is 3.73. The number of halogens is 1. The van der Waals surface area contributed by atoms with Crippen molar-refractivity contribution in [2.75, 3.05) is 21.0 Å². The molecule has 6 nitrogen and oxygen atoms in total. The van der Waals surface area contributed by atoms with Crippen LogP contribution in [0.2, 0.25) is 0 Å². The number of rotatable bonds is 6. The normalized spacial score (nSPS) is 10.6. The molecule has 0 spiro atoms. The molecule has 1 amide bonds. The van der Waals surface area contributed by atoms with Gasteiger partial charge in [-0.1, -0.05) is 12.1 Å². The maximum absolute atomic E-state index is 13.7. The van der Waals surface area contributed by atoms with Crippen LogP contribution in [0.5, 0.6) is 5.75 Å². The fraction of sp³-hybridized carbons (Fsp3) is 0.158. The molecule has 2 aromatic carbocycles. The van der Waals surface area contributed by atoms with E-state index < -0.39 is 0 Å². The van der Waals surface area contributed by atoms with Gasteiger partial charge in [-0.15, -0.1) is 0 Å². The van der Waals surface area contributed by atoms with Crippen molar-refractivity contribution in [2.24, 2.45) is 0 Å². The molecule has 0 atom stereocenters. The summed E-state index contributed by atoms with van der Waals surface area (Å²) >= 11 is 0. The summed E-state index contributed by atoms with van der Waals surface area (Å²) in [6.07, 6.45) is 3.16. The molecule has 0 unspecified atom stereocenters. The Bertz CT molecular complexity index is 924. The number of aromatic nitrogens is 2. The Labute approximate surface area is 150 Å². The van der Waals surface area contributed by atoms with E-state index in [1.807, 2.05) is 24.3 Å². The number of hydrogen-bond donors (Lipinski definition) is 1. The quantitative estimate of drug-likeness (QED) is 0.691. The Hall–Kier alpha value is -3.19. The van der Waals surface area contributed by atoms with Crippen LogP contribution in [-0.4, -0.2) is 36.4 Å². The van der Waals surface area contributed by atoms with Crippen molar-refractivity contribution in [3.05, 3.63) is 66.5 Å². The lowest BCUT2D eigenvalue weighted by Gasteiger charge is -2.10. The van der Waals surface area contributed by atoms with Gasteiger partial charge in [0, 0.05) is 24.6 Å². The number of amides is 1. The van der Waals surface area contributed by atoms with Crippen LogP contribution in [0.25, 0.3) is 16.8 Å². The number of hydrogen-bond acceptors (Lipinski definition) is 4. The summed E-state index contributed by atoms with van der Waals surface area (Å²) in [5.74, 6) is -0.0895. The molecule has 134 valence electrons. The Morgan fingerprint density at radius 2 is 2.08 bits per heavy atom. The topological polar surface area (TPSA) is 65.4 Å². The first-order chi connectivity index (χ1) is 12.6. The second-order valence-electron chi connectivity index (χ2n) is 5.50. The van der Waals surface area contributed by atoms with Gasteiger partial charge in [0.2, 0.25) is 0 Å². The molecule has 3 aromatic rings. The van der Waals surface area contributed by atoms with Crippen LogP contribution in [0, 0.1) is 5.82 Å². The maximum atomic E-state index is 13.7. The number of benzene rings is 2. The van der Waals surface area contributed by atoms with E-state index in [9.17, 15) is 9.18 Å². The molecule has 0 fully saturated rings. The van der Waals surface area contributed by atoms with Crippen molar-refractivity contribution in [3.8, 4) is 22.6 Å². The van der Waals surface area contributed by atoms with Gasteiger partial charge < -0.3 is 19.4 Å². The van der Waals surface area contributed by atoms with Crippen LogP contribution in [0.4, 0.5) is 4.39 Å². The highest BCUT2D eigenvalue weighted by molar-refractivity contribution is 5.92. The molecule has 0 aliphatic rings. The highest BCUT2D eigenvalue weighted by atomic mass is 19.1. The fourth-order valence-electron chi connectivity index (χ4n) is 2.55. The summed E-state index contributed by atoms with van der Waals surface area (Å²) in [5, 5.41) is 2.58. The van der Waals surface area contributed by atoms with Crippen molar-refractivity contribution in [1.29, 1.82) is 0 Å². The van der Waals surface area contributed by atoms with Crippen LogP contribution in [0.3, 0.4) is 0 Å². The summed E-state index contributed by atoms with van der Waals surface area (Å²) in [7, 11) is 3.03. The van der Waals surface area contributed by atoms with Crippen LogP contribution < -0.4 is 10.1 Å². The minimum atomic E-state index is -0.342. The maximum Gasteiger partial charge on any atom is 0.273 e. The first-order valence-corrected chi connectivity index (χ1v) is 7.88. The first-order valence-electron chi connectivity index (χ1n) is 7.88. The first kappa shape index (κ1) is 17.6. The summed E-state index contributed by atoms with van der Waals surface area (Å²) in [6, 6.07) is 11.8. The lowest BCUT2D eigenvalue weighted by Crippen LogP contribution is -2.25. The SMILES string of the molecule is COCNC(=O)c1cn(-c2cccc(-c3cc(F)ccc3OC)c2)cn1. The van der Waals surface area contributed by atoms with Gasteiger partial charge in [-0.2, -0.15) is 0 Å². The molecule has 1 aromatic heterocycles. The molecule has 0 radical (unpaired) electrons. The summed E-state index contributed by atoms with van der Waals surface area (Å²) in [4.78, 5) is 16.0. The zero-order chi connectivity index (χ0) is 18.5. The highest BCUT2D eigenvalue weighted by Gasteiger charge is 2.11. The van der Waals surface area contributed by atoms with Crippen LogP contribution in [0.15, 0.2) is 55.0 Å². The Morgan fingerprint density at radius 3 is 2.85 bits per heavy atom. The monoisotopic (exact) mass is 355 g/mol. The molecule has 0 saturated heterocycles. The smallest absolute Gasteiger partial charge is 0.273 e.